The third-order valence-electron chi connectivity index (χ3n) is 10.9. The molecule has 2 fully saturated rings. The van der Waals surface area contributed by atoms with E-state index in [0.717, 1.165) is 44.1 Å². The number of piperidine rings is 1. The van der Waals surface area contributed by atoms with Crippen molar-refractivity contribution in [3.8, 4) is 0 Å². The summed E-state index contributed by atoms with van der Waals surface area (Å²) in [6, 6.07) is 9.17. The van der Waals surface area contributed by atoms with E-state index in [1.54, 1.807) is 7.11 Å². The molecule has 2 aliphatic rings. The van der Waals surface area contributed by atoms with Crippen LogP contribution in [0.2, 0.25) is 0 Å². The van der Waals surface area contributed by atoms with Gasteiger partial charge in [0.2, 0.25) is 17.7 Å². The molecule has 4 unspecified atom stereocenters. The maximum absolute atomic E-state index is 14.3. The monoisotopic (exact) mass is 759 g/mol. The maximum atomic E-state index is 14.3. The minimum Gasteiger partial charge on any atom is -0.391 e. The maximum Gasteiger partial charge on any atom is 0.252 e. The molecule has 54 heavy (non-hydrogen) atoms. The summed E-state index contributed by atoms with van der Waals surface area (Å²) in [5, 5.41) is 20.8. The number of hydrogen-bond acceptors (Lipinski definition) is 8. The van der Waals surface area contributed by atoms with Crippen LogP contribution in [-0.4, -0.2) is 104 Å². The second-order valence-electron chi connectivity index (χ2n) is 15.7. The second kappa shape index (κ2) is 25.2. The molecule has 1 heterocycles. The molecular formula is C42H70N4O8. The normalized spacial score (nSPS) is 18.4. The number of methoxy groups -OCH3 is 1. The fraction of sp³-hybridized carbons (Fsp3) is 0.762. The van der Waals surface area contributed by atoms with Crippen molar-refractivity contribution < 1.29 is 38.5 Å². The number of hydrogen-bond donors (Lipinski definition) is 4. The van der Waals surface area contributed by atoms with Crippen molar-refractivity contribution >= 4 is 23.6 Å². The van der Waals surface area contributed by atoms with Gasteiger partial charge >= 0.3 is 0 Å². The summed E-state index contributed by atoms with van der Waals surface area (Å²) in [6.45, 7) is 9.63. The first kappa shape index (κ1) is 45.3. The molecule has 5 atom stereocenters. The van der Waals surface area contributed by atoms with E-state index in [2.05, 4.69) is 22.9 Å². The van der Waals surface area contributed by atoms with Crippen LogP contribution in [0.1, 0.15) is 117 Å². The van der Waals surface area contributed by atoms with E-state index in [4.69, 9.17) is 14.2 Å². The third-order valence-corrected chi connectivity index (χ3v) is 10.9. The minimum absolute atomic E-state index is 0.0227. The fourth-order valence-corrected chi connectivity index (χ4v) is 7.65. The van der Waals surface area contributed by atoms with Gasteiger partial charge in [0.15, 0.2) is 0 Å². The summed E-state index contributed by atoms with van der Waals surface area (Å²) < 4.78 is 17.4. The molecule has 1 aromatic carbocycles. The molecule has 4 N–H and O–H groups in total. The Morgan fingerprint density at radius 1 is 0.907 bits per heavy atom. The molecule has 0 radical (unpaired) electrons. The SMILES string of the molecule is CCCCC(OC(Cc1ccccc1)C(=O)N1CCC(OCOC)CC1)C(=O)NC(CC1CCCCC1)[C@@H](O)CC(C(=O)NCCCNC(C)=O)C(C)C. The van der Waals surface area contributed by atoms with Crippen molar-refractivity contribution in [1.29, 1.82) is 0 Å². The molecule has 12 heteroatoms. The van der Waals surface area contributed by atoms with Crippen molar-refractivity contribution in [2.75, 3.05) is 40.1 Å². The van der Waals surface area contributed by atoms with E-state index < -0.39 is 30.3 Å². The highest BCUT2D eigenvalue weighted by molar-refractivity contribution is 5.84. The van der Waals surface area contributed by atoms with Crippen LogP contribution >= 0.6 is 0 Å². The summed E-state index contributed by atoms with van der Waals surface area (Å²) in [4.78, 5) is 54.8. The topological polar surface area (TPSA) is 156 Å². The largest absolute Gasteiger partial charge is 0.391 e. The smallest absolute Gasteiger partial charge is 0.252 e. The van der Waals surface area contributed by atoms with E-state index in [1.165, 1.54) is 13.3 Å². The van der Waals surface area contributed by atoms with Crippen molar-refractivity contribution in [1.82, 2.24) is 20.9 Å². The molecule has 1 saturated heterocycles. The first-order valence-electron chi connectivity index (χ1n) is 20.6. The van der Waals surface area contributed by atoms with Gasteiger partial charge < -0.3 is 40.2 Å². The van der Waals surface area contributed by atoms with Gasteiger partial charge in [0.25, 0.3) is 5.91 Å². The predicted molar refractivity (Wildman–Crippen MR) is 209 cm³/mol. The molecule has 12 nitrogen and oxygen atoms in total. The van der Waals surface area contributed by atoms with Gasteiger partial charge in [0, 0.05) is 52.6 Å². The molecule has 1 saturated carbocycles. The number of rotatable bonds is 24. The highest BCUT2D eigenvalue weighted by atomic mass is 16.7. The number of likely N-dealkylation sites (tertiary alicyclic amines) is 1. The van der Waals surface area contributed by atoms with Crippen LogP contribution < -0.4 is 16.0 Å². The van der Waals surface area contributed by atoms with Crippen LogP contribution in [0, 0.1) is 17.8 Å². The molecular weight excluding hydrogens is 688 g/mol. The van der Waals surface area contributed by atoms with Crippen LogP contribution in [0.3, 0.4) is 0 Å². The van der Waals surface area contributed by atoms with Crippen LogP contribution in [0.15, 0.2) is 30.3 Å². The highest BCUT2D eigenvalue weighted by Gasteiger charge is 2.36. The lowest BCUT2D eigenvalue weighted by Crippen LogP contribution is -2.52. The molecule has 1 aliphatic heterocycles. The Kier molecular flexibility index (Phi) is 21.1. The summed E-state index contributed by atoms with van der Waals surface area (Å²) in [5.41, 5.74) is 0.947. The van der Waals surface area contributed by atoms with E-state index in [0.29, 0.717) is 70.6 Å². The summed E-state index contributed by atoms with van der Waals surface area (Å²) >= 11 is 0. The van der Waals surface area contributed by atoms with Crippen molar-refractivity contribution in [3.63, 3.8) is 0 Å². The standard InChI is InChI=1S/C42H70N4O8/c1-6-7-19-38(54-39(27-33-17-12-9-13-18-33)42(51)46-24-20-34(21-25-46)53-29-52-5)41(50)45-36(26-32-15-10-8-11-16-32)37(48)28-35(30(2)3)40(49)44-23-14-22-43-31(4)47/h9,12-13,17-18,30,32,34-39,48H,6-8,10-11,14-16,19-29H2,1-5H3,(H,43,47)(H,44,49)(H,45,50)/t35?,36?,37-,38?,39?/m0/s1. The number of ether oxygens (including phenoxy) is 3. The first-order valence-corrected chi connectivity index (χ1v) is 20.6. The Hall–Kier alpha value is -3.06. The van der Waals surface area contributed by atoms with Crippen LogP contribution in [-0.2, 0) is 39.8 Å². The van der Waals surface area contributed by atoms with E-state index >= 15 is 0 Å². The lowest BCUT2D eigenvalue weighted by Gasteiger charge is -2.36. The average Bonchev–Trinajstić information content (AvgIpc) is 3.17. The Labute approximate surface area is 324 Å². The van der Waals surface area contributed by atoms with Crippen LogP contribution in [0.5, 0.6) is 0 Å². The molecule has 0 bridgehead atoms. The van der Waals surface area contributed by atoms with Crippen molar-refractivity contribution in [3.05, 3.63) is 35.9 Å². The Morgan fingerprint density at radius 2 is 1.59 bits per heavy atom. The quantitative estimate of drug-likeness (QED) is 0.0858. The summed E-state index contributed by atoms with van der Waals surface area (Å²) in [6.07, 6.45) is 8.00. The average molecular weight is 759 g/mol. The van der Waals surface area contributed by atoms with Crippen molar-refractivity contribution in [2.24, 2.45) is 17.8 Å². The molecule has 0 aromatic heterocycles. The molecule has 3 rings (SSSR count). The predicted octanol–water partition coefficient (Wildman–Crippen LogP) is 4.91. The fourth-order valence-electron chi connectivity index (χ4n) is 7.65. The number of carbonyl (C=O) groups excluding carboxylic acids is 4. The lowest BCUT2D eigenvalue weighted by molar-refractivity contribution is -0.157. The van der Waals surface area contributed by atoms with Gasteiger partial charge in [-0.05, 0) is 55.9 Å². The number of aliphatic hydroxyl groups is 1. The number of nitrogens with zero attached hydrogens (tertiary/aromatic N) is 1. The Bertz CT molecular complexity index is 1240. The number of nitrogens with one attached hydrogen (secondary N) is 3. The first-order chi connectivity index (χ1) is 26.0. The molecule has 306 valence electrons. The Morgan fingerprint density at radius 3 is 2.22 bits per heavy atom. The lowest BCUT2D eigenvalue weighted by atomic mass is 9.81. The molecule has 0 spiro atoms. The van der Waals surface area contributed by atoms with Gasteiger partial charge in [-0.25, -0.2) is 0 Å². The van der Waals surface area contributed by atoms with E-state index in [9.17, 15) is 24.3 Å². The van der Waals surface area contributed by atoms with Gasteiger partial charge in [-0.2, -0.15) is 0 Å². The number of benzene rings is 1. The summed E-state index contributed by atoms with van der Waals surface area (Å²) in [5.74, 6) is -0.865. The van der Waals surface area contributed by atoms with Gasteiger partial charge in [-0.1, -0.05) is 96.0 Å². The summed E-state index contributed by atoms with van der Waals surface area (Å²) in [7, 11) is 1.59. The zero-order valence-electron chi connectivity index (χ0n) is 33.7. The van der Waals surface area contributed by atoms with Gasteiger partial charge in [0.1, 0.15) is 19.0 Å². The zero-order valence-corrected chi connectivity index (χ0v) is 33.7. The van der Waals surface area contributed by atoms with Gasteiger partial charge in [0.05, 0.1) is 18.2 Å². The minimum atomic E-state index is -0.955. The number of aliphatic hydroxyl groups excluding tert-OH is 1. The molecule has 4 amide bonds. The molecule has 1 aromatic rings. The third kappa shape index (κ3) is 16.4. The highest BCUT2D eigenvalue weighted by Crippen LogP contribution is 2.30. The van der Waals surface area contributed by atoms with Crippen molar-refractivity contribution in [2.45, 2.75) is 148 Å². The number of carbonyl (C=O) groups is 4. The Balaban J connectivity index is 1.78. The molecule has 1 aliphatic carbocycles. The second-order valence-corrected chi connectivity index (χ2v) is 15.7. The van der Waals surface area contributed by atoms with Crippen LogP contribution in [0.25, 0.3) is 0 Å². The van der Waals surface area contributed by atoms with Gasteiger partial charge in [-0.15, -0.1) is 0 Å². The van der Waals surface area contributed by atoms with Gasteiger partial charge in [-0.3, -0.25) is 19.2 Å². The number of amides is 4. The number of unbranched alkanes of at least 4 members (excludes halogenated alkanes) is 1. The van der Waals surface area contributed by atoms with Crippen LogP contribution in [0.4, 0.5) is 0 Å². The zero-order chi connectivity index (χ0) is 39.3. The van der Waals surface area contributed by atoms with E-state index in [-0.39, 0.29) is 48.9 Å². The van der Waals surface area contributed by atoms with E-state index in [1.807, 2.05) is 49.1 Å².